The van der Waals surface area contributed by atoms with Gasteiger partial charge in [-0.1, -0.05) is 0 Å². The zero-order chi connectivity index (χ0) is 12.4. The van der Waals surface area contributed by atoms with Crippen LogP contribution in [0.2, 0.25) is 0 Å². The Morgan fingerprint density at radius 3 is 2.83 bits per heavy atom. The van der Waals surface area contributed by atoms with Crippen molar-refractivity contribution in [1.29, 1.82) is 0 Å². The molecule has 4 nitrogen and oxygen atoms in total. The molecule has 1 fully saturated rings. The van der Waals surface area contributed by atoms with E-state index in [-0.39, 0.29) is 0 Å². The van der Waals surface area contributed by atoms with Crippen LogP contribution in [0.15, 0.2) is 31.0 Å². The summed E-state index contributed by atoms with van der Waals surface area (Å²) in [5.41, 5.74) is 3.69. The number of piperidine rings is 1. The number of nitrogens with zero attached hydrogens (tertiary/aromatic N) is 3. The molecule has 0 aliphatic carbocycles. The molecule has 2 aromatic heterocycles. The van der Waals surface area contributed by atoms with Crippen LogP contribution < -0.4 is 5.32 Å². The van der Waals surface area contributed by atoms with Crippen molar-refractivity contribution in [3.8, 4) is 5.69 Å². The van der Waals surface area contributed by atoms with E-state index >= 15 is 0 Å². The van der Waals surface area contributed by atoms with Crippen molar-refractivity contribution < 1.29 is 0 Å². The summed E-state index contributed by atoms with van der Waals surface area (Å²) in [6.45, 7) is 4.31. The fraction of sp³-hybridized carbons (Fsp3) is 0.429. The van der Waals surface area contributed by atoms with E-state index < -0.39 is 0 Å². The van der Waals surface area contributed by atoms with Gasteiger partial charge in [-0.05, 0) is 44.5 Å². The largest absolute Gasteiger partial charge is 0.317 e. The standard InChI is InChI=1S/C14H18N4/c1-11-2-5-16-8-13(11)18-10-17-9-14(18)12-3-6-15-7-4-12/h2,5,8-10,12,15H,3-4,6-7H2,1H3. The highest BCUT2D eigenvalue weighted by atomic mass is 15.1. The Hall–Kier alpha value is -1.68. The molecule has 3 rings (SSSR count). The third kappa shape index (κ3) is 2.04. The molecule has 0 amide bonds. The molecule has 94 valence electrons. The van der Waals surface area contributed by atoms with Crippen LogP contribution in [0.1, 0.15) is 30.0 Å². The first-order chi connectivity index (χ1) is 8.86. The summed E-state index contributed by atoms with van der Waals surface area (Å²) >= 11 is 0. The molecule has 1 aliphatic rings. The molecular weight excluding hydrogens is 224 g/mol. The van der Waals surface area contributed by atoms with Crippen molar-refractivity contribution in [1.82, 2.24) is 19.9 Å². The maximum atomic E-state index is 4.33. The molecule has 0 bridgehead atoms. The molecule has 0 radical (unpaired) electrons. The van der Waals surface area contributed by atoms with Crippen LogP contribution in [0.4, 0.5) is 0 Å². The van der Waals surface area contributed by atoms with E-state index in [1.807, 2.05) is 31.0 Å². The number of imidazole rings is 1. The average Bonchev–Trinajstić information content (AvgIpc) is 2.89. The fourth-order valence-electron chi connectivity index (χ4n) is 2.63. The molecule has 2 aromatic rings. The minimum atomic E-state index is 0.605. The zero-order valence-electron chi connectivity index (χ0n) is 10.6. The molecule has 0 spiro atoms. The summed E-state index contributed by atoms with van der Waals surface area (Å²) in [4.78, 5) is 8.56. The van der Waals surface area contributed by atoms with Gasteiger partial charge in [0.05, 0.1) is 18.2 Å². The van der Waals surface area contributed by atoms with Gasteiger partial charge in [0.25, 0.3) is 0 Å². The van der Waals surface area contributed by atoms with E-state index in [0.717, 1.165) is 18.8 Å². The van der Waals surface area contributed by atoms with E-state index in [4.69, 9.17) is 0 Å². The lowest BCUT2D eigenvalue weighted by molar-refractivity contribution is 0.449. The Kier molecular flexibility index (Phi) is 3.11. The molecule has 0 aromatic carbocycles. The van der Waals surface area contributed by atoms with E-state index in [9.17, 15) is 0 Å². The molecule has 4 heteroatoms. The Labute approximate surface area is 107 Å². The Bertz CT molecular complexity index is 526. The average molecular weight is 242 g/mol. The van der Waals surface area contributed by atoms with E-state index in [1.54, 1.807) is 0 Å². The van der Waals surface area contributed by atoms with Gasteiger partial charge in [-0.15, -0.1) is 0 Å². The minimum absolute atomic E-state index is 0.605. The Morgan fingerprint density at radius 1 is 1.22 bits per heavy atom. The molecular formula is C14H18N4. The smallest absolute Gasteiger partial charge is 0.0994 e. The summed E-state index contributed by atoms with van der Waals surface area (Å²) in [6.07, 6.45) is 10.0. The normalized spacial score (nSPS) is 16.9. The van der Waals surface area contributed by atoms with Gasteiger partial charge in [0, 0.05) is 24.0 Å². The van der Waals surface area contributed by atoms with E-state index in [2.05, 4.69) is 26.8 Å². The number of nitrogens with one attached hydrogen (secondary N) is 1. The lowest BCUT2D eigenvalue weighted by Gasteiger charge is -2.24. The quantitative estimate of drug-likeness (QED) is 0.876. The van der Waals surface area contributed by atoms with Crippen molar-refractivity contribution in [2.75, 3.05) is 13.1 Å². The monoisotopic (exact) mass is 242 g/mol. The Balaban J connectivity index is 1.98. The van der Waals surface area contributed by atoms with Crippen LogP contribution in [-0.4, -0.2) is 27.6 Å². The lowest BCUT2D eigenvalue weighted by atomic mass is 9.95. The first kappa shape index (κ1) is 11.4. The van der Waals surface area contributed by atoms with Gasteiger partial charge >= 0.3 is 0 Å². The van der Waals surface area contributed by atoms with Crippen LogP contribution in [0, 0.1) is 6.92 Å². The third-order valence-corrected chi connectivity index (χ3v) is 3.70. The van der Waals surface area contributed by atoms with Gasteiger partial charge in [-0.25, -0.2) is 4.98 Å². The van der Waals surface area contributed by atoms with Gasteiger partial charge in [-0.3, -0.25) is 4.98 Å². The number of hydrogen-bond acceptors (Lipinski definition) is 3. The van der Waals surface area contributed by atoms with Crippen LogP contribution in [0.3, 0.4) is 0 Å². The Morgan fingerprint density at radius 2 is 2.06 bits per heavy atom. The third-order valence-electron chi connectivity index (χ3n) is 3.70. The summed E-state index contributed by atoms with van der Waals surface area (Å²) in [7, 11) is 0. The number of pyridine rings is 1. The van der Waals surface area contributed by atoms with Gasteiger partial charge in [0.2, 0.25) is 0 Å². The van der Waals surface area contributed by atoms with Crippen molar-refractivity contribution >= 4 is 0 Å². The maximum Gasteiger partial charge on any atom is 0.0994 e. The second-order valence-electron chi connectivity index (χ2n) is 4.87. The number of rotatable bonds is 2. The van der Waals surface area contributed by atoms with Crippen LogP contribution >= 0.6 is 0 Å². The van der Waals surface area contributed by atoms with E-state index in [1.165, 1.54) is 24.1 Å². The van der Waals surface area contributed by atoms with Crippen molar-refractivity contribution in [3.05, 3.63) is 42.2 Å². The van der Waals surface area contributed by atoms with Crippen molar-refractivity contribution in [3.63, 3.8) is 0 Å². The number of hydrogen-bond donors (Lipinski definition) is 1. The predicted octanol–water partition coefficient (Wildman–Crippen LogP) is 2.04. The SMILES string of the molecule is Cc1ccncc1-n1cncc1C1CCNCC1. The molecule has 0 unspecified atom stereocenters. The fourth-order valence-corrected chi connectivity index (χ4v) is 2.63. The molecule has 0 saturated carbocycles. The van der Waals surface area contributed by atoms with Crippen molar-refractivity contribution in [2.24, 2.45) is 0 Å². The van der Waals surface area contributed by atoms with Crippen LogP contribution in [0.25, 0.3) is 5.69 Å². The molecule has 1 N–H and O–H groups in total. The van der Waals surface area contributed by atoms with Crippen molar-refractivity contribution in [2.45, 2.75) is 25.7 Å². The first-order valence-electron chi connectivity index (χ1n) is 6.50. The summed E-state index contributed by atoms with van der Waals surface area (Å²) in [5, 5.41) is 3.41. The van der Waals surface area contributed by atoms with E-state index in [0.29, 0.717) is 5.92 Å². The lowest BCUT2D eigenvalue weighted by Crippen LogP contribution is -2.27. The van der Waals surface area contributed by atoms with Gasteiger partial charge < -0.3 is 9.88 Å². The predicted molar refractivity (Wildman–Crippen MR) is 70.9 cm³/mol. The second-order valence-corrected chi connectivity index (χ2v) is 4.87. The molecule has 1 aliphatic heterocycles. The van der Waals surface area contributed by atoms with Gasteiger partial charge in [-0.2, -0.15) is 0 Å². The number of aromatic nitrogens is 3. The van der Waals surface area contributed by atoms with Gasteiger partial charge in [0.1, 0.15) is 0 Å². The summed E-state index contributed by atoms with van der Waals surface area (Å²) in [6, 6.07) is 2.04. The first-order valence-corrected chi connectivity index (χ1v) is 6.50. The van der Waals surface area contributed by atoms with Crippen LogP contribution in [0.5, 0.6) is 0 Å². The summed E-state index contributed by atoms with van der Waals surface area (Å²) < 4.78 is 2.19. The molecule has 3 heterocycles. The highest BCUT2D eigenvalue weighted by Crippen LogP contribution is 2.27. The number of aryl methyl sites for hydroxylation is 1. The molecule has 18 heavy (non-hydrogen) atoms. The van der Waals surface area contributed by atoms with Gasteiger partial charge in [0.15, 0.2) is 0 Å². The zero-order valence-corrected chi connectivity index (χ0v) is 10.6. The molecule has 1 saturated heterocycles. The summed E-state index contributed by atoms with van der Waals surface area (Å²) in [5.74, 6) is 0.605. The highest BCUT2D eigenvalue weighted by molar-refractivity contribution is 5.39. The van der Waals surface area contributed by atoms with Crippen LogP contribution in [-0.2, 0) is 0 Å². The second kappa shape index (κ2) is 4.90. The minimum Gasteiger partial charge on any atom is -0.317 e. The topological polar surface area (TPSA) is 42.7 Å². The molecule has 0 atom stereocenters. The highest BCUT2D eigenvalue weighted by Gasteiger charge is 2.19. The maximum absolute atomic E-state index is 4.33.